The molecule has 0 spiro atoms. The zero-order valence-corrected chi connectivity index (χ0v) is 20.4. The molecular weight excluding hydrogens is 452 g/mol. The summed E-state index contributed by atoms with van der Waals surface area (Å²) in [4.78, 5) is 21.9. The van der Waals surface area contributed by atoms with Gasteiger partial charge in [0, 0.05) is 23.1 Å². The Hall–Kier alpha value is -4.19. The molecule has 3 atom stereocenters. The molecule has 0 saturated heterocycles. The van der Waals surface area contributed by atoms with Gasteiger partial charge < -0.3 is 14.3 Å². The van der Waals surface area contributed by atoms with Crippen molar-refractivity contribution in [3.63, 3.8) is 0 Å². The van der Waals surface area contributed by atoms with Crippen molar-refractivity contribution in [2.45, 2.75) is 39.3 Å². The third-order valence-electron chi connectivity index (χ3n) is 7.19. The van der Waals surface area contributed by atoms with Crippen LogP contribution in [-0.4, -0.2) is 34.4 Å². The zero-order valence-electron chi connectivity index (χ0n) is 20.4. The van der Waals surface area contributed by atoms with E-state index in [0.29, 0.717) is 34.0 Å². The number of rotatable bonds is 5. The van der Waals surface area contributed by atoms with E-state index in [2.05, 4.69) is 23.2 Å². The summed E-state index contributed by atoms with van der Waals surface area (Å²) in [6.07, 6.45) is 9.04. The van der Waals surface area contributed by atoms with E-state index in [4.69, 9.17) is 14.1 Å². The fourth-order valence-corrected chi connectivity index (χ4v) is 5.20. The minimum Gasteiger partial charge on any atom is -0.485 e. The largest absolute Gasteiger partial charge is 0.485 e. The number of nitrogens with zero attached hydrogens (tertiary/aromatic N) is 2. The number of carboxylic acids is 1. The number of carboxylic acid groups (broad SMARTS) is 1. The minimum absolute atomic E-state index is 0.137. The minimum atomic E-state index is -1.04. The van der Waals surface area contributed by atoms with E-state index in [1.54, 1.807) is 6.07 Å². The van der Waals surface area contributed by atoms with Gasteiger partial charge in [-0.1, -0.05) is 42.5 Å². The SMILES string of the molecule is Cc1c(-c2cc(C(=O)O)c3c(O[C@H](C)C4=CC5CC=NC5C=C4)ccc(C)c3n2)oc2ccccc12. The first-order valence-corrected chi connectivity index (χ1v) is 12.1. The smallest absolute Gasteiger partial charge is 0.336 e. The van der Waals surface area contributed by atoms with Crippen molar-refractivity contribution < 1.29 is 19.1 Å². The molecule has 0 fully saturated rings. The first-order valence-electron chi connectivity index (χ1n) is 12.1. The maximum absolute atomic E-state index is 12.5. The number of aromatic carboxylic acids is 1. The van der Waals surface area contributed by atoms with Crippen LogP contribution in [0.1, 0.15) is 34.8 Å². The van der Waals surface area contributed by atoms with Crippen LogP contribution in [-0.2, 0) is 0 Å². The predicted octanol–water partition coefficient (Wildman–Crippen LogP) is 6.69. The molecule has 0 amide bonds. The molecule has 1 aliphatic carbocycles. The van der Waals surface area contributed by atoms with Gasteiger partial charge in [-0.05, 0) is 56.5 Å². The normalized spacial score (nSPS) is 19.5. The van der Waals surface area contributed by atoms with Crippen LogP contribution in [0.15, 0.2) is 75.7 Å². The quantitative estimate of drug-likeness (QED) is 0.346. The molecule has 6 rings (SSSR count). The lowest BCUT2D eigenvalue weighted by molar-refractivity contribution is 0.0698. The van der Waals surface area contributed by atoms with Crippen LogP contribution in [0.5, 0.6) is 5.75 Å². The lowest BCUT2D eigenvalue weighted by Gasteiger charge is -2.23. The Morgan fingerprint density at radius 3 is 2.83 bits per heavy atom. The molecule has 36 heavy (non-hydrogen) atoms. The maximum atomic E-state index is 12.5. The number of carbonyl (C=O) groups is 1. The average molecular weight is 479 g/mol. The predicted molar refractivity (Wildman–Crippen MR) is 141 cm³/mol. The summed E-state index contributed by atoms with van der Waals surface area (Å²) in [5.74, 6) is 0.394. The second-order valence-electron chi connectivity index (χ2n) is 9.52. The third kappa shape index (κ3) is 3.61. The number of benzene rings is 2. The molecule has 2 unspecified atom stereocenters. The molecular formula is C30H26N2O4. The number of ether oxygens (including phenoxy) is 1. The standard InChI is InChI=1S/C30H26N2O4/c1-16-8-11-26(35-18(3)19-9-10-23-20(14-19)12-13-31-23)27-22(30(33)34)15-24(32-28(16)27)29-17(2)21-6-4-5-7-25(21)36-29/h4-11,13-15,18,20,23H,12H2,1-3H3,(H,33,34)/t18-,20?,23?/m1/s1. The number of hydrogen-bond acceptors (Lipinski definition) is 5. The fourth-order valence-electron chi connectivity index (χ4n) is 5.20. The highest BCUT2D eigenvalue weighted by molar-refractivity contribution is 6.07. The van der Waals surface area contributed by atoms with E-state index in [9.17, 15) is 9.90 Å². The molecule has 180 valence electrons. The monoisotopic (exact) mass is 478 g/mol. The summed E-state index contributed by atoms with van der Waals surface area (Å²) in [6, 6.07) is 13.3. The van der Waals surface area contributed by atoms with E-state index in [1.807, 2.05) is 63.4 Å². The molecule has 6 nitrogen and oxygen atoms in total. The number of fused-ring (bicyclic) bond motifs is 3. The molecule has 2 aromatic carbocycles. The summed E-state index contributed by atoms with van der Waals surface area (Å²) < 4.78 is 12.5. The van der Waals surface area contributed by atoms with E-state index >= 15 is 0 Å². The van der Waals surface area contributed by atoms with E-state index < -0.39 is 5.97 Å². The summed E-state index contributed by atoms with van der Waals surface area (Å²) >= 11 is 0. The van der Waals surface area contributed by atoms with Gasteiger partial charge in [-0.2, -0.15) is 0 Å². The highest BCUT2D eigenvalue weighted by atomic mass is 16.5. The molecule has 1 aliphatic heterocycles. The third-order valence-corrected chi connectivity index (χ3v) is 7.19. The molecule has 3 heterocycles. The number of para-hydroxylation sites is 1. The summed E-state index contributed by atoms with van der Waals surface area (Å²) in [5.41, 5.74) is 4.82. The van der Waals surface area contributed by atoms with Crippen LogP contribution in [0.2, 0.25) is 0 Å². The van der Waals surface area contributed by atoms with E-state index in [-0.39, 0.29) is 17.7 Å². The van der Waals surface area contributed by atoms with Crippen molar-refractivity contribution in [1.82, 2.24) is 4.98 Å². The Kier molecular flexibility index (Phi) is 5.25. The Bertz CT molecular complexity index is 1630. The van der Waals surface area contributed by atoms with Gasteiger partial charge in [-0.3, -0.25) is 4.99 Å². The topological polar surface area (TPSA) is 84.9 Å². The number of aryl methyl sites for hydroxylation is 2. The summed E-state index contributed by atoms with van der Waals surface area (Å²) in [5, 5.41) is 11.7. The highest BCUT2D eigenvalue weighted by Gasteiger charge is 2.26. The van der Waals surface area contributed by atoms with Crippen molar-refractivity contribution >= 4 is 34.1 Å². The molecule has 0 radical (unpaired) electrons. The van der Waals surface area contributed by atoms with E-state index in [1.165, 1.54) is 0 Å². The molecule has 2 aliphatic rings. The van der Waals surface area contributed by atoms with Crippen molar-refractivity contribution in [3.05, 3.63) is 83.0 Å². The van der Waals surface area contributed by atoms with Crippen LogP contribution < -0.4 is 4.74 Å². The second-order valence-corrected chi connectivity index (χ2v) is 9.52. The molecule has 0 bridgehead atoms. The van der Waals surface area contributed by atoms with E-state index in [0.717, 1.165) is 34.1 Å². The van der Waals surface area contributed by atoms with Crippen molar-refractivity contribution in [1.29, 1.82) is 0 Å². The number of hydrogen-bond donors (Lipinski definition) is 1. The van der Waals surface area contributed by atoms with Crippen LogP contribution in [0.3, 0.4) is 0 Å². The molecule has 1 N–H and O–H groups in total. The fraction of sp³-hybridized carbons (Fsp3) is 0.233. The van der Waals surface area contributed by atoms with Crippen molar-refractivity contribution in [2.24, 2.45) is 10.9 Å². The van der Waals surface area contributed by atoms with Gasteiger partial charge in [0.15, 0.2) is 5.76 Å². The molecule has 4 aromatic rings. The van der Waals surface area contributed by atoms with Gasteiger partial charge in [-0.15, -0.1) is 0 Å². The van der Waals surface area contributed by atoms with Gasteiger partial charge in [0.2, 0.25) is 0 Å². The van der Waals surface area contributed by atoms with Crippen LogP contribution in [0, 0.1) is 19.8 Å². The second kappa shape index (κ2) is 8.48. The van der Waals surface area contributed by atoms with Crippen LogP contribution >= 0.6 is 0 Å². The van der Waals surface area contributed by atoms with Crippen molar-refractivity contribution in [3.8, 4) is 17.2 Å². The number of furan rings is 1. The zero-order chi connectivity index (χ0) is 25.0. The van der Waals surface area contributed by atoms with Gasteiger partial charge in [0.05, 0.1) is 22.5 Å². The Balaban J connectivity index is 1.45. The Morgan fingerprint density at radius 1 is 1.19 bits per heavy atom. The molecule has 2 aromatic heterocycles. The first kappa shape index (κ1) is 22.3. The van der Waals surface area contributed by atoms with Crippen molar-refractivity contribution in [2.75, 3.05) is 0 Å². The van der Waals surface area contributed by atoms with Gasteiger partial charge in [0.25, 0.3) is 0 Å². The molecule has 6 heteroatoms. The average Bonchev–Trinajstić information content (AvgIpc) is 3.49. The summed E-state index contributed by atoms with van der Waals surface area (Å²) in [6.45, 7) is 5.88. The lowest BCUT2D eigenvalue weighted by atomic mass is 9.90. The maximum Gasteiger partial charge on any atom is 0.336 e. The number of aliphatic imine (C=N–C) groups is 1. The number of aromatic nitrogens is 1. The van der Waals surface area contributed by atoms with Gasteiger partial charge >= 0.3 is 5.97 Å². The Morgan fingerprint density at radius 2 is 2.03 bits per heavy atom. The lowest BCUT2D eigenvalue weighted by Crippen LogP contribution is -2.21. The first-order chi connectivity index (χ1) is 17.4. The van der Waals surface area contributed by atoms with Gasteiger partial charge in [0.1, 0.15) is 23.1 Å². The highest BCUT2D eigenvalue weighted by Crippen LogP contribution is 2.38. The van der Waals surface area contributed by atoms with Crippen LogP contribution in [0.25, 0.3) is 33.3 Å². The Labute approximate surface area is 208 Å². The van der Waals surface area contributed by atoms with Gasteiger partial charge in [-0.25, -0.2) is 9.78 Å². The number of pyridine rings is 1. The van der Waals surface area contributed by atoms with Crippen LogP contribution in [0.4, 0.5) is 0 Å². The molecule has 0 saturated carbocycles. The summed E-state index contributed by atoms with van der Waals surface area (Å²) in [7, 11) is 0.